The molecule has 0 saturated carbocycles. The molecule has 0 fully saturated rings. The number of ether oxygens (including phenoxy) is 1. The molecule has 1 atom stereocenters. The molecule has 112 valence electrons. The van der Waals surface area contributed by atoms with Crippen LogP contribution in [0.3, 0.4) is 0 Å². The number of aromatic nitrogens is 2. The number of carbonyl (C=O) groups excluding carboxylic acids is 1. The highest BCUT2D eigenvalue weighted by molar-refractivity contribution is 5.75. The van der Waals surface area contributed by atoms with E-state index >= 15 is 0 Å². The van der Waals surface area contributed by atoms with Crippen LogP contribution in [-0.4, -0.2) is 55.6 Å². The van der Waals surface area contributed by atoms with Gasteiger partial charge in [-0.3, -0.25) is 4.79 Å². The van der Waals surface area contributed by atoms with Crippen LogP contribution in [0.2, 0.25) is 0 Å². The van der Waals surface area contributed by atoms with Gasteiger partial charge in [0, 0.05) is 58.2 Å². The van der Waals surface area contributed by atoms with Gasteiger partial charge < -0.3 is 20.7 Å². The topological polar surface area (TPSA) is 80.2 Å². The number of rotatable bonds is 8. The second kappa shape index (κ2) is 7.86. The summed E-state index contributed by atoms with van der Waals surface area (Å²) in [4.78, 5) is 11.5. The zero-order valence-corrected chi connectivity index (χ0v) is 11.9. The van der Waals surface area contributed by atoms with Crippen molar-refractivity contribution in [1.29, 1.82) is 0 Å². The van der Waals surface area contributed by atoms with Gasteiger partial charge in [-0.2, -0.15) is 5.10 Å². The molecule has 1 aliphatic rings. The van der Waals surface area contributed by atoms with Crippen LogP contribution in [0.15, 0.2) is 12.3 Å². The second-order valence-corrected chi connectivity index (χ2v) is 4.94. The molecule has 20 heavy (non-hydrogen) atoms. The van der Waals surface area contributed by atoms with Gasteiger partial charge in [-0.15, -0.1) is 0 Å². The molecule has 1 aliphatic heterocycles. The second-order valence-electron chi connectivity index (χ2n) is 4.94. The highest BCUT2D eigenvalue weighted by Crippen LogP contribution is 2.15. The van der Waals surface area contributed by atoms with Crippen molar-refractivity contribution in [3.63, 3.8) is 0 Å². The Hall–Kier alpha value is -1.60. The molecule has 1 unspecified atom stereocenters. The summed E-state index contributed by atoms with van der Waals surface area (Å²) in [7, 11) is 1.62. The van der Waals surface area contributed by atoms with E-state index in [4.69, 9.17) is 4.74 Å². The Balaban J connectivity index is 1.55. The van der Waals surface area contributed by atoms with E-state index in [2.05, 4.69) is 21.0 Å². The standard InChI is InChI=1S/C13H23N5O2/c1-20-7-6-15-13(19)3-4-14-8-11-9-16-12-2-5-17-18(12)10-11/h2,5,11,14,16H,3-4,6-10H2,1H3,(H,15,19). The number of methoxy groups -OCH3 is 1. The number of hydrogen-bond acceptors (Lipinski definition) is 5. The molecular weight excluding hydrogens is 258 g/mol. The van der Waals surface area contributed by atoms with E-state index in [1.54, 1.807) is 7.11 Å². The molecule has 1 amide bonds. The molecule has 0 aromatic carbocycles. The van der Waals surface area contributed by atoms with E-state index in [1.165, 1.54) is 0 Å². The lowest BCUT2D eigenvalue weighted by atomic mass is 10.1. The van der Waals surface area contributed by atoms with E-state index in [1.807, 2.05) is 16.9 Å². The average Bonchev–Trinajstić information content (AvgIpc) is 2.91. The molecule has 0 bridgehead atoms. The van der Waals surface area contributed by atoms with Crippen molar-refractivity contribution in [3.8, 4) is 0 Å². The molecule has 2 rings (SSSR count). The highest BCUT2D eigenvalue weighted by Gasteiger charge is 2.17. The summed E-state index contributed by atoms with van der Waals surface area (Å²) >= 11 is 0. The predicted molar refractivity (Wildman–Crippen MR) is 76.6 cm³/mol. The highest BCUT2D eigenvalue weighted by atomic mass is 16.5. The quantitative estimate of drug-likeness (QED) is 0.568. The Morgan fingerprint density at radius 3 is 3.35 bits per heavy atom. The average molecular weight is 281 g/mol. The Labute approximate surface area is 119 Å². The number of anilines is 1. The van der Waals surface area contributed by atoms with Gasteiger partial charge in [-0.1, -0.05) is 0 Å². The van der Waals surface area contributed by atoms with Crippen LogP contribution in [0.25, 0.3) is 0 Å². The zero-order chi connectivity index (χ0) is 14.2. The van der Waals surface area contributed by atoms with Crippen LogP contribution in [0, 0.1) is 5.92 Å². The van der Waals surface area contributed by atoms with Gasteiger partial charge in [-0.05, 0) is 0 Å². The van der Waals surface area contributed by atoms with Crippen LogP contribution < -0.4 is 16.0 Å². The summed E-state index contributed by atoms with van der Waals surface area (Å²) in [5, 5.41) is 13.7. The minimum Gasteiger partial charge on any atom is -0.383 e. The largest absolute Gasteiger partial charge is 0.383 e. The van der Waals surface area contributed by atoms with Crippen LogP contribution in [0.4, 0.5) is 5.82 Å². The van der Waals surface area contributed by atoms with Gasteiger partial charge in [0.25, 0.3) is 0 Å². The van der Waals surface area contributed by atoms with E-state index in [0.29, 0.717) is 32.0 Å². The minimum absolute atomic E-state index is 0.0608. The molecule has 0 saturated heterocycles. The Bertz CT molecular complexity index is 421. The van der Waals surface area contributed by atoms with Crippen LogP contribution >= 0.6 is 0 Å². The van der Waals surface area contributed by atoms with Gasteiger partial charge in [-0.25, -0.2) is 4.68 Å². The van der Waals surface area contributed by atoms with E-state index < -0.39 is 0 Å². The van der Waals surface area contributed by atoms with E-state index in [-0.39, 0.29) is 5.91 Å². The third-order valence-electron chi connectivity index (χ3n) is 3.31. The number of hydrogen-bond donors (Lipinski definition) is 3. The fourth-order valence-corrected chi connectivity index (χ4v) is 2.21. The SMILES string of the molecule is COCCNC(=O)CCNCC1CNc2ccnn2C1. The maximum absolute atomic E-state index is 11.5. The summed E-state index contributed by atoms with van der Waals surface area (Å²) in [6, 6.07) is 1.98. The fraction of sp³-hybridized carbons (Fsp3) is 0.692. The van der Waals surface area contributed by atoms with E-state index in [9.17, 15) is 4.79 Å². The van der Waals surface area contributed by atoms with Crippen molar-refractivity contribution in [2.24, 2.45) is 5.92 Å². The van der Waals surface area contributed by atoms with Gasteiger partial charge in [0.15, 0.2) is 0 Å². The van der Waals surface area contributed by atoms with Crippen molar-refractivity contribution in [2.45, 2.75) is 13.0 Å². The monoisotopic (exact) mass is 281 g/mol. The summed E-state index contributed by atoms with van der Waals surface area (Å²) in [5.74, 6) is 1.64. The van der Waals surface area contributed by atoms with Gasteiger partial charge in [0.05, 0.1) is 12.8 Å². The molecule has 0 radical (unpaired) electrons. The lowest BCUT2D eigenvalue weighted by Crippen LogP contribution is -2.37. The first-order valence-corrected chi connectivity index (χ1v) is 7.01. The first-order chi connectivity index (χ1) is 9.79. The first kappa shape index (κ1) is 14.8. The Morgan fingerprint density at radius 1 is 1.60 bits per heavy atom. The molecule has 3 N–H and O–H groups in total. The van der Waals surface area contributed by atoms with Crippen molar-refractivity contribution in [2.75, 3.05) is 45.2 Å². The Morgan fingerprint density at radius 2 is 2.50 bits per heavy atom. The molecule has 0 aliphatic carbocycles. The maximum Gasteiger partial charge on any atom is 0.221 e. The van der Waals surface area contributed by atoms with Crippen molar-refractivity contribution >= 4 is 11.7 Å². The number of fused-ring (bicyclic) bond motifs is 1. The van der Waals surface area contributed by atoms with Crippen LogP contribution in [0.5, 0.6) is 0 Å². The van der Waals surface area contributed by atoms with Crippen molar-refractivity contribution in [1.82, 2.24) is 20.4 Å². The zero-order valence-electron chi connectivity index (χ0n) is 11.9. The molecule has 1 aromatic heterocycles. The van der Waals surface area contributed by atoms with Crippen LogP contribution in [-0.2, 0) is 16.1 Å². The maximum atomic E-state index is 11.5. The lowest BCUT2D eigenvalue weighted by Gasteiger charge is -2.25. The smallest absolute Gasteiger partial charge is 0.221 e. The molecular formula is C13H23N5O2. The molecule has 2 heterocycles. The van der Waals surface area contributed by atoms with Crippen LogP contribution in [0.1, 0.15) is 6.42 Å². The normalized spacial score (nSPS) is 17.4. The third-order valence-corrected chi connectivity index (χ3v) is 3.31. The molecule has 0 spiro atoms. The number of amides is 1. The molecule has 1 aromatic rings. The number of nitrogens with one attached hydrogen (secondary N) is 3. The Kier molecular flexibility index (Phi) is 5.82. The summed E-state index contributed by atoms with van der Waals surface area (Å²) < 4.78 is 6.85. The van der Waals surface area contributed by atoms with Gasteiger partial charge in [0.2, 0.25) is 5.91 Å². The molecule has 7 nitrogen and oxygen atoms in total. The third kappa shape index (κ3) is 4.50. The van der Waals surface area contributed by atoms with Crippen molar-refractivity contribution in [3.05, 3.63) is 12.3 Å². The van der Waals surface area contributed by atoms with Gasteiger partial charge in [0.1, 0.15) is 5.82 Å². The van der Waals surface area contributed by atoms with Crippen molar-refractivity contribution < 1.29 is 9.53 Å². The fourth-order valence-electron chi connectivity index (χ4n) is 2.21. The first-order valence-electron chi connectivity index (χ1n) is 7.01. The summed E-state index contributed by atoms with van der Waals surface area (Å²) in [6.45, 7) is 4.57. The van der Waals surface area contributed by atoms with Gasteiger partial charge >= 0.3 is 0 Å². The summed E-state index contributed by atoms with van der Waals surface area (Å²) in [6.07, 6.45) is 2.30. The lowest BCUT2D eigenvalue weighted by molar-refractivity contribution is -0.121. The minimum atomic E-state index is 0.0608. The number of nitrogens with zero attached hydrogens (tertiary/aromatic N) is 2. The predicted octanol–water partition coefficient (Wildman–Crippen LogP) is -0.333. The summed E-state index contributed by atoms with van der Waals surface area (Å²) in [5.41, 5.74) is 0. The number of carbonyl (C=O) groups is 1. The molecule has 7 heteroatoms. The van der Waals surface area contributed by atoms with E-state index in [0.717, 1.165) is 25.5 Å².